The molecule has 0 aliphatic heterocycles. The number of aromatic nitrogens is 1. The van der Waals surface area contributed by atoms with Crippen LogP contribution in [-0.2, 0) is 0 Å². The molecule has 94 valence electrons. The van der Waals surface area contributed by atoms with Gasteiger partial charge in [0, 0.05) is 6.20 Å². The zero-order valence-corrected chi connectivity index (χ0v) is 10.9. The molecule has 0 saturated carbocycles. The van der Waals surface area contributed by atoms with E-state index >= 15 is 0 Å². The highest BCUT2D eigenvalue weighted by molar-refractivity contribution is 7.71. The summed E-state index contributed by atoms with van der Waals surface area (Å²) < 4.78 is 0.409. The summed E-state index contributed by atoms with van der Waals surface area (Å²) in [4.78, 5) is 14.7. The molecule has 5 heteroatoms. The largest absolute Gasteiger partial charge is 0.394 e. The predicted molar refractivity (Wildman–Crippen MR) is 69.4 cm³/mol. The van der Waals surface area contributed by atoms with Crippen molar-refractivity contribution in [2.75, 3.05) is 6.61 Å². The molecule has 0 spiro atoms. The van der Waals surface area contributed by atoms with Crippen LogP contribution < -0.4 is 5.32 Å². The van der Waals surface area contributed by atoms with Gasteiger partial charge in [-0.05, 0) is 24.5 Å². The van der Waals surface area contributed by atoms with Gasteiger partial charge >= 0.3 is 0 Å². The molecule has 0 bridgehead atoms. The van der Waals surface area contributed by atoms with Crippen molar-refractivity contribution in [3.63, 3.8) is 0 Å². The molecule has 1 atom stereocenters. The van der Waals surface area contributed by atoms with Gasteiger partial charge in [0.25, 0.3) is 5.91 Å². The molecule has 4 nitrogen and oxygen atoms in total. The number of H-pyrrole nitrogens is 1. The first-order valence-electron chi connectivity index (χ1n) is 5.64. The molecular formula is C12H18N2O2S. The average molecular weight is 254 g/mol. The van der Waals surface area contributed by atoms with Crippen LogP contribution in [0.25, 0.3) is 0 Å². The molecule has 0 fully saturated rings. The van der Waals surface area contributed by atoms with E-state index in [0.29, 0.717) is 16.1 Å². The van der Waals surface area contributed by atoms with Crippen molar-refractivity contribution >= 4 is 18.1 Å². The van der Waals surface area contributed by atoms with Gasteiger partial charge in [-0.25, -0.2) is 0 Å². The van der Waals surface area contributed by atoms with Crippen LogP contribution in [0.2, 0.25) is 0 Å². The molecule has 0 unspecified atom stereocenters. The lowest BCUT2D eigenvalue weighted by atomic mass is 10.0. The minimum atomic E-state index is -0.244. The van der Waals surface area contributed by atoms with Crippen molar-refractivity contribution in [2.24, 2.45) is 5.92 Å². The van der Waals surface area contributed by atoms with Crippen molar-refractivity contribution in [1.29, 1.82) is 0 Å². The Bertz CT molecular complexity index is 429. The van der Waals surface area contributed by atoms with E-state index in [9.17, 15) is 9.90 Å². The van der Waals surface area contributed by atoms with E-state index in [-0.39, 0.29) is 18.6 Å². The molecule has 3 N–H and O–H groups in total. The van der Waals surface area contributed by atoms with Gasteiger partial charge in [-0.1, -0.05) is 26.1 Å². The monoisotopic (exact) mass is 254 g/mol. The molecule has 0 aliphatic carbocycles. The predicted octanol–water partition coefficient (Wildman–Crippen LogP) is 1.88. The number of aliphatic hydroxyl groups excluding tert-OH is 1. The normalized spacial score (nSPS) is 12.5. The number of hydrogen-bond acceptors (Lipinski definition) is 3. The zero-order chi connectivity index (χ0) is 12.8. The summed E-state index contributed by atoms with van der Waals surface area (Å²) in [6.07, 6.45) is 2.42. The number of hydrogen-bond donors (Lipinski definition) is 3. The molecule has 0 aliphatic rings. The zero-order valence-electron chi connectivity index (χ0n) is 10.1. The van der Waals surface area contributed by atoms with Crippen LogP contribution in [0.5, 0.6) is 0 Å². The second-order valence-electron chi connectivity index (χ2n) is 4.40. The Kier molecular flexibility index (Phi) is 5.31. The van der Waals surface area contributed by atoms with Crippen molar-refractivity contribution in [1.82, 2.24) is 10.3 Å². The highest BCUT2D eigenvalue weighted by Crippen LogP contribution is 2.06. The SMILES string of the molecule is CC(C)C[C@@H](CO)NC(=O)c1ccc[nH]c1=S. The number of nitrogens with one attached hydrogen (secondary N) is 2. The molecule has 1 aromatic heterocycles. The molecular weight excluding hydrogens is 236 g/mol. The maximum absolute atomic E-state index is 11.9. The second-order valence-corrected chi connectivity index (χ2v) is 4.80. The molecule has 1 amide bonds. The fraction of sp³-hybridized carbons (Fsp3) is 0.500. The summed E-state index contributed by atoms with van der Waals surface area (Å²) in [5.74, 6) is 0.171. The topological polar surface area (TPSA) is 65.1 Å². The highest BCUT2D eigenvalue weighted by atomic mass is 32.1. The smallest absolute Gasteiger partial charge is 0.254 e. The fourth-order valence-corrected chi connectivity index (χ4v) is 1.84. The summed E-state index contributed by atoms with van der Waals surface area (Å²) >= 11 is 5.03. The van der Waals surface area contributed by atoms with Gasteiger partial charge in [-0.3, -0.25) is 4.79 Å². The van der Waals surface area contributed by atoms with E-state index in [4.69, 9.17) is 12.2 Å². The molecule has 1 aromatic rings. The number of carbonyl (C=O) groups is 1. The number of carbonyl (C=O) groups excluding carboxylic acids is 1. The van der Waals surface area contributed by atoms with Crippen molar-refractivity contribution in [3.05, 3.63) is 28.5 Å². The first-order chi connectivity index (χ1) is 8.04. The number of aliphatic hydroxyl groups is 1. The minimum Gasteiger partial charge on any atom is -0.394 e. The Balaban J connectivity index is 2.71. The van der Waals surface area contributed by atoms with Gasteiger partial charge in [0.15, 0.2) is 0 Å². The van der Waals surface area contributed by atoms with Crippen LogP contribution in [0.1, 0.15) is 30.6 Å². The molecule has 0 saturated heterocycles. The Hall–Kier alpha value is -1.20. The Morgan fingerprint density at radius 2 is 2.29 bits per heavy atom. The first-order valence-corrected chi connectivity index (χ1v) is 6.04. The van der Waals surface area contributed by atoms with Gasteiger partial charge in [-0.2, -0.15) is 0 Å². The maximum Gasteiger partial charge on any atom is 0.254 e. The lowest BCUT2D eigenvalue weighted by molar-refractivity contribution is 0.0907. The van der Waals surface area contributed by atoms with Gasteiger partial charge in [0.1, 0.15) is 4.64 Å². The minimum absolute atomic E-state index is 0.0623. The summed E-state index contributed by atoms with van der Waals surface area (Å²) in [6.45, 7) is 4.03. The van der Waals surface area contributed by atoms with Gasteiger partial charge in [-0.15, -0.1) is 0 Å². The van der Waals surface area contributed by atoms with Gasteiger partial charge in [0.05, 0.1) is 18.2 Å². The van der Waals surface area contributed by atoms with Crippen molar-refractivity contribution in [2.45, 2.75) is 26.3 Å². The average Bonchev–Trinajstić information content (AvgIpc) is 2.27. The van der Waals surface area contributed by atoms with Crippen molar-refractivity contribution in [3.8, 4) is 0 Å². The maximum atomic E-state index is 11.9. The van der Waals surface area contributed by atoms with Crippen LogP contribution in [0.4, 0.5) is 0 Å². The van der Waals surface area contributed by atoms with E-state index in [1.165, 1.54) is 0 Å². The van der Waals surface area contributed by atoms with Crippen LogP contribution in [0.3, 0.4) is 0 Å². The third-order valence-corrected chi connectivity index (χ3v) is 2.71. The highest BCUT2D eigenvalue weighted by Gasteiger charge is 2.15. The van der Waals surface area contributed by atoms with Gasteiger partial charge in [0.2, 0.25) is 0 Å². The third-order valence-electron chi connectivity index (χ3n) is 2.37. The number of aromatic amines is 1. The summed E-state index contributed by atoms with van der Waals surface area (Å²) in [7, 11) is 0. The Labute approximate surface area is 106 Å². The number of pyridine rings is 1. The quantitative estimate of drug-likeness (QED) is 0.703. The second kappa shape index (κ2) is 6.51. The summed E-state index contributed by atoms with van der Waals surface area (Å²) in [6, 6.07) is 3.16. The standard InChI is InChI=1S/C12H18N2O2S/c1-8(2)6-9(7-15)14-11(16)10-4-3-5-13-12(10)17/h3-5,8-9,15H,6-7H2,1-2H3,(H,13,17)(H,14,16)/t9-/m0/s1. The third kappa shape index (κ3) is 4.28. The lowest BCUT2D eigenvalue weighted by Crippen LogP contribution is -2.38. The Morgan fingerprint density at radius 1 is 1.59 bits per heavy atom. The van der Waals surface area contributed by atoms with E-state index in [2.05, 4.69) is 10.3 Å². The molecule has 1 rings (SSSR count). The van der Waals surface area contributed by atoms with E-state index in [1.807, 2.05) is 13.8 Å². The first kappa shape index (κ1) is 13.9. The number of amides is 1. The van der Waals surface area contributed by atoms with E-state index in [1.54, 1.807) is 18.3 Å². The Morgan fingerprint density at radius 3 is 2.82 bits per heavy atom. The van der Waals surface area contributed by atoms with Gasteiger partial charge < -0.3 is 15.4 Å². The summed E-state index contributed by atoms with van der Waals surface area (Å²) in [5.41, 5.74) is 0.435. The van der Waals surface area contributed by atoms with E-state index in [0.717, 1.165) is 6.42 Å². The lowest BCUT2D eigenvalue weighted by Gasteiger charge is -2.18. The van der Waals surface area contributed by atoms with E-state index < -0.39 is 0 Å². The molecule has 0 aromatic carbocycles. The van der Waals surface area contributed by atoms with Crippen molar-refractivity contribution < 1.29 is 9.90 Å². The van der Waals surface area contributed by atoms with Crippen LogP contribution in [0.15, 0.2) is 18.3 Å². The number of rotatable bonds is 5. The fourth-order valence-electron chi connectivity index (χ4n) is 1.61. The summed E-state index contributed by atoms with van der Waals surface area (Å²) in [5, 5.41) is 12.0. The van der Waals surface area contributed by atoms with Crippen LogP contribution in [0, 0.1) is 10.6 Å². The van der Waals surface area contributed by atoms with Crippen LogP contribution >= 0.6 is 12.2 Å². The molecule has 0 radical (unpaired) electrons. The van der Waals surface area contributed by atoms with Crippen LogP contribution in [-0.4, -0.2) is 28.6 Å². The molecule has 17 heavy (non-hydrogen) atoms. The molecule has 1 heterocycles.